The van der Waals surface area contributed by atoms with Crippen molar-refractivity contribution in [3.8, 4) is 0 Å². The molecule has 0 saturated heterocycles. The van der Waals surface area contributed by atoms with Gasteiger partial charge in [-0.15, -0.1) is 0 Å². The highest BCUT2D eigenvalue weighted by atomic mass is 32.1. The zero-order valence-corrected chi connectivity index (χ0v) is 45.0. The molecule has 0 amide bonds. The third-order valence-electron chi connectivity index (χ3n) is 35.6. The van der Waals surface area contributed by atoms with Crippen LogP contribution in [0.25, 0.3) is 0 Å². The number of hydrogen-bond donors (Lipinski definition) is 0. The minimum absolute atomic E-state index is 0.590. The second kappa shape index (κ2) is 10.8. The van der Waals surface area contributed by atoms with Gasteiger partial charge in [-0.05, 0) is 288 Å². The van der Waals surface area contributed by atoms with Crippen molar-refractivity contribution >= 4 is 36.2 Å². The highest BCUT2D eigenvalue weighted by Crippen LogP contribution is 3.19. The fourth-order valence-electron chi connectivity index (χ4n) is 36.5. The van der Waals surface area contributed by atoms with Crippen LogP contribution in [0.4, 0.5) is 0 Å². The molecule has 354 valence electrons. The third kappa shape index (κ3) is 2.63. The van der Waals surface area contributed by atoms with Crippen LogP contribution in [0.2, 0.25) is 0 Å². The molecule has 19 rings (SSSR count). The van der Waals surface area contributed by atoms with Crippen LogP contribution in [0.3, 0.4) is 0 Å². The molecule has 14 bridgehead atoms. The Morgan fingerprint density at radius 2 is 0.677 bits per heavy atom. The number of thiocarbonyl (C=S) groups is 2. The summed E-state index contributed by atoms with van der Waals surface area (Å²) < 4.78 is 0. The molecule has 19 aliphatic carbocycles. The van der Waals surface area contributed by atoms with Crippen molar-refractivity contribution in [3.05, 3.63) is 0 Å². The molecule has 43 atom stereocenters. The van der Waals surface area contributed by atoms with Crippen molar-refractivity contribution in [2.45, 2.75) is 123 Å². The van der Waals surface area contributed by atoms with E-state index in [1.807, 2.05) is 0 Å². The Balaban J connectivity index is 0.000000890. The van der Waals surface area contributed by atoms with E-state index in [2.05, 4.69) is 133 Å². The maximum atomic E-state index is 3.83. The van der Waals surface area contributed by atoms with E-state index < -0.39 is 0 Å². The molecule has 0 heterocycles. The van der Waals surface area contributed by atoms with E-state index in [1.165, 1.54) is 35.5 Å². The SMILES string of the molecule is C=S.C=S.CC1C(C)C2C3CCC1C1C(C)C(C)C24C3C2C3C5C6C7C8CC9C%10C%11CC%12C%13C(C)C(C)C7(C98C%10C%12%11)C67C(C)C(C)C%13C6C(C)C(C)C57C35C(C)C(C)C6C1C(C)C(C)C245. The summed E-state index contributed by atoms with van der Waals surface area (Å²) in [5.41, 5.74) is 4.52. The van der Waals surface area contributed by atoms with Gasteiger partial charge in [-0.3, -0.25) is 0 Å². The first-order valence-corrected chi connectivity index (χ1v) is 30.9. The predicted molar refractivity (Wildman–Crippen MR) is 270 cm³/mol. The Kier molecular flexibility index (Phi) is 6.75. The van der Waals surface area contributed by atoms with Gasteiger partial charge in [0.1, 0.15) is 0 Å². The van der Waals surface area contributed by atoms with Crippen LogP contribution in [0, 0.1) is 251 Å². The second-order valence-electron chi connectivity index (χ2n) is 31.6. The van der Waals surface area contributed by atoms with Gasteiger partial charge in [0.25, 0.3) is 0 Å². The highest BCUT2D eigenvalue weighted by molar-refractivity contribution is 7.77. The Morgan fingerprint density at radius 1 is 0.277 bits per heavy atom. The molecule has 0 radical (unpaired) electrons. The van der Waals surface area contributed by atoms with Crippen molar-refractivity contribution in [2.75, 3.05) is 0 Å². The molecular weight excluding hydrogens is 821 g/mol. The lowest BCUT2D eigenvalue weighted by molar-refractivity contribution is -0.719. The van der Waals surface area contributed by atoms with Crippen molar-refractivity contribution in [1.82, 2.24) is 0 Å². The minimum atomic E-state index is 0.590. The van der Waals surface area contributed by atoms with Crippen LogP contribution in [0.1, 0.15) is 123 Å². The fourth-order valence-corrected chi connectivity index (χ4v) is 36.5. The first-order valence-electron chi connectivity index (χ1n) is 29.7. The largest absolute Gasteiger partial charge is 0.0973 e. The minimum Gasteiger partial charge on any atom is -0.0973 e. The van der Waals surface area contributed by atoms with Crippen molar-refractivity contribution in [3.63, 3.8) is 0 Å². The van der Waals surface area contributed by atoms with Gasteiger partial charge in [0.05, 0.1) is 0 Å². The molecule has 0 nitrogen and oxygen atoms in total. The smallest absolute Gasteiger partial charge is 0.00995 e. The Morgan fingerprint density at radius 3 is 1.25 bits per heavy atom. The molecule has 43 unspecified atom stereocenters. The van der Waals surface area contributed by atoms with Crippen LogP contribution in [-0.2, 0) is 0 Å². The first kappa shape index (κ1) is 40.7. The van der Waals surface area contributed by atoms with Crippen LogP contribution < -0.4 is 0 Å². The van der Waals surface area contributed by atoms with Crippen LogP contribution in [0.5, 0.6) is 0 Å². The fraction of sp³-hybridized carbons (Fsp3) is 0.968. The average molecular weight is 912 g/mol. The number of fused-ring (bicyclic) bond motifs is 30. The van der Waals surface area contributed by atoms with Gasteiger partial charge in [-0.25, -0.2) is 0 Å². The lowest BCUT2D eigenvalue weighted by Gasteiger charge is -3.17. The van der Waals surface area contributed by atoms with Crippen LogP contribution in [0.15, 0.2) is 0 Å². The molecule has 0 aromatic heterocycles. The van der Waals surface area contributed by atoms with E-state index in [9.17, 15) is 0 Å². The lowest BCUT2D eigenvalue weighted by atomic mass is 8.86. The topological polar surface area (TPSA) is 0 Å². The van der Waals surface area contributed by atoms with Crippen LogP contribution in [-0.4, -0.2) is 11.7 Å². The van der Waals surface area contributed by atoms with Gasteiger partial charge in [0.15, 0.2) is 0 Å². The molecular formula is C63H90S2. The van der Waals surface area contributed by atoms with E-state index in [4.69, 9.17) is 0 Å². The average Bonchev–Trinajstić information content (AvgIpc) is 3.34. The molecule has 65 heavy (non-hydrogen) atoms. The lowest BCUT2D eigenvalue weighted by Crippen LogP contribution is -3.15. The zero-order valence-electron chi connectivity index (χ0n) is 43.3. The molecule has 7 spiro atoms. The number of rotatable bonds is 0. The van der Waals surface area contributed by atoms with E-state index in [-0.39, 0.29) is 0 Å². The third-order valence-corrected chi connectivity index (χ3v) is 35.6. The van der Waals surface area contributed by atoms with E-state index in [1.54, 1.807) is 25.7 Å². The molecule has 19 fully saturated rings. The number of hydrogen-bond acceptors (Lipinski definition) is 2. The molecule has 0 aromatic rings. The second-order valence-corrected chi connectivity index (χ2v) is 31.6. The van der Waals surface area contributed by atoms with Gasteiger partial charge in [0, 0.05) is 0 Å². The zero-order chi connectivity index (χ0) is 45.1. The van der Waals surface area contributed by atoms with E-state index in [0.29, 0.717) is 32.5 Å². The molecule has 0 N–H and O–H groups in total. The summed E-state index contributed by atoms with van der Waals surface area (Å²) in [5.74, 6) is 42.4. The quantitative estimate of drug-likeness (QED) is 0.222. The summed E-state index contributed by atoms with van der Waals surface area (Å²) >= 11 is 7.67. The Bertz CT molecular complexity index is 2280. The van der Waals surface area contributed by atoms with E-state index in [0.717, 1.165) is 183 Å². The van der Waals surface area contributed by atoms with Gasteiger partial charge in [0.2, 0.25) is 0 Å². The summed E-state index contributed by atoms with van der Waals surface area (Å²) in [5, 5.41) is 0. The van der Waals surface area contributed by atoms with Gasteiger partial charge in [-0.1, -0.05) is 121 Å². The summed E-state index contributed by atoms with van der Waals surface area (Å²) in [7, 11) is 0. The van der Waals surface area contributed by atoms with Gasteiger partial charge < -0.3 is 0 Å². The van der Waals surface area contributed by atoms with Gasteiger partial charge >= 0.3 is 0 Å². The molecule has 19 saturated carbocycles. The van der Waals surface area contributed by atoms with Crippen molar-refractivity contribution < 1.29 is 0 Å². The summed E-state index contributed by atoms with van der Waals surface area (Å²) in [4.78, 5) is 0. The Hall–Kier alpha value is 0.180. The molecule has 2 heteroatoms. The molecule has 19 aliphatic rings. The van der Waals surface area contributed by atoms with Crippen molar-refractivity contribution in [1.29, 1.82) is 0 Å². The monoisotopic (exact) mass is 911 g/mol. The first-order chi connectivity index (χ1) is 31.2. The standard InChI is InChI=1S/C61H86.2CH2S/c1-19-20(2)47-34-16-15-33(19)39-21(3)27(9)55(47)48(34)51-53-54-52-49-38-18-37-46-36-17-35-40-22(4)28(10)57(49,56(37,38)50(46)45(35)36)59(52)30(12)24(6)42(40)44-26(8)32(14)61(54,59)60(53)31(13)25(7)43(44)41(39)23(5)29(11)58(51,55)60;2*1-2/h19-54H,15-18H2,1-14H3;2*1H2. The maximum Gasteiger partial charge on any atom is -0.00995 e. The molecule has 0 aliphatic heterocycles. The molecule has 0 aromatic carbocycles. The maximum absolute atomic E-state index is 3.83. The van der Waals surface area contributed by atoms with Gasteiger partial charge in [-0.2, -0.15) is 0 Å². The summed E-state index contributed by atoms with van der Waals surface area (Å²) in [6.07, 6.45) is 6.65. The predicted octanol–water partition coefficient (Wildman–Crippen LogP) is 14.4. The van der Waals surface area contributed by atoms with E-state index >= 15 is 0 Å². The van der Waals surface area contributed by atoms with Crippen LogP contribution >= 0.6 is 24.4 Å². The highest BCUT2D eigenvalue weighted by Gasteiger charge is 3.17. The summed E-state index contributed by atoms with van der Waals surface area (Å²) in [6, 6.07) is 0. The normalized spacial score (nSPS) is 82.7. The van der Waals surface area contributed by atoms with Crippen molar-refractivity contribution in [2.24, 2.45) is 251 Å². The summed E-state index contributed by atoms with van der Waals surface area (Å²) in [6.45, 7) is 42.9. The Labute approximate surface area is 407 Å².